The van der Waals surface area contributed by atoms with Crippen LogP contribution in [-0.2, 0) is 0 Å². The molecule has 0 aliphatic heterocycles. The van der Waals surface area contributed by atoms with Gasteiger partial charge in [0, 0.05) is 0 Å². The van der Waals surface area contributed by atoms with Gasteiger partial charge in [0.25, 0.3) is 0 Å². The van der Waals surface area contributed by atoms with Crippen LogP contribution in [-0.4, -0.2) is 12.2 Å². The quantitative estimate of drug-likeness (QED) is 0.894. The van der Waals surface area contributed by atoms with Crippen LogP contribution in [0.15, 0.2) is 48.5 Å². The zero-order chi connectivity index (χ0) is 13.0. The van der Waals surface area contributed by atoms with Gasteiger partial charge in [-0.25, -0.2) is 0 Å². The molecule has 0 bridgehead atoms. The highest BCUT2D eigenvalue weighted by Crippen LogP contribution is 2.29. The van der Waals surface area contributed by atoms with Gasteiger partial charge in [0.2, 0.25) is 0 Å². The minimum Gasteiger partial charge on any atom is -0.504 e. The molecule has 3 heteroatoms. The van der Waals surface area contributed by atoms with E-state index in [0.717, 1.165) is 11.3 Å². The van der Waals surface area contributed by atoms with Gasteiger partial charge < -0.3 is 14.6 Å². The third-order valence-electron chi connectivity index (χ3n) is 2.75. The predicted octanol–water partition coefficient (Wildman–Crippen LogP) is 3.54. The fourth-order valence-electron chi connectivity index (χ4n) is 1.69. The summed E-state index contributed by atoms with van der Waals surface area (Å²) in [7, 11) is 1.64. The average Bonchev–Trinajstić information content (AvgIpc) is 2.41. The highest BCUT2D eigenvalue weighted by atomic mass is 16.5. The van der Waals surface area contributed by atoms with Crippen molar-refractivity contribution < 1.29 is 14.6 Å². The van der Waals surface area contributed by atoms with Gasteiger partial charge in [-0.3, -0.25) is 0 Å². The molecule has 0 radical (unpaired) electrons. The van der Waals surface area contributed by atoms with Gasteiger partial charge in [0.1, 0.15) is 11.9 Å². The molecule has 1 unspecified atom stereocenters. The van der Waals surface area contributed by atoms with Crippen molar-refractivity contribution in [3.05, 3.63) is 54.1 Å². The second-order valence-electron chi connectivity index (χ2n) is 4.00. The van der Waals surface area contributed by atoms with E-state index in [1.807, 2.05) is 37.3 Å². The third kappa shape index (κ3) is 2.74. The van der Waals surface area contributed by atoms with Crippen LogP contribution in [0.5, 0.6) is 17.2 Å². The number of hydrogen-bond acceptors (Lipinski definition) is 3. The first-order chi connectivity index (χ1) is 8.70. The Morgan fingerprint density at radius 1 is 1.00 bits per heavy atom. The topological polar surface area (TPSA) is 38.7 Å². The Kier molecular flexibility index (Phi) is 3.72. The van der Waals surface area contributed by atoms with Crippen LogP contribution in [0.4, 0.5) is 0 Å². The van der Waals surface area contributed by atoms with E-state index >= 15 is 0 Å². The number of ether oxygens (including phenoxy) is 2. The first kappa shape index (κ1) is 12.3. The number of rotatable bonds is 4. The number of benzene rings is 2. The van der Waals surface area contributed by atoms with Crippen molar-refractivity contribution in [1.82, 2.24) is 0 Å². The van der Waals surface area contributed by atoms with E-state index in [1.54, 1.807) is 25.3 Å². The molecule has 1 atom stereocenters. The Labute approximate surface area is 107 Å². The molecule has 2 aromatic carbocycles. The molecule has 0 fully saturated rings. The van der Waals surface area contributed by atoms with Crippen molar-refractivity contribution >= 4 is 0 Å². The second kappa shape index (κ2) is 5.45. The molecule has 0 aromatic heterocycles. The van der Waals surface area contributed by atoms with E-state index in [-0.39, 0.29) is 11.9 Å². The minimum absolute atomic E-state index is 0.135. The molecule has 94 valence electrons. The highest BCUT2D eigenvalue weighted by molar-refractivity contribution is 5.38. The largest absolute Gasteiger partial charge is 0.504 e. The summed E-state index contributed by atoms with van der Waals surface area (Å²) in [5.41, 5.74) is 1.03. The summed E-state index contributed by atoms with van der Waals surface area (Å²) in [5, 5.41) is 9.64. The van der Waals surface area contributed by atoms with Crippen molar-refractivity contribution in [3.8, 4) is 17.2 Å². The molecule has 2 aromatic rings. The molecule has 0 spiro atoms. The van der Waals surface area contributed by atoms with Gasteiger partial charge in [-0.05, 0) is 36.8 Å². The molecule has 0 heterocycles. The Bertz CT molecular complexity index is 505. The summed E-state index contributed by atoms with van der Waals surface area (Å²) >= 11 is 0. The molecule has 0 amide bonds. The van der Waals surface area contributed by atoms with Crippen molar-refractivity contribution in [1.29, 1.82) is 0 Å². The molecule has 3 nitrogen and oxygen atoms in total. The maximum absolute atomic E-state index is 9.64. The number of phenolic OH excluding ortho intramolecular Hbond substituents is 1. The predicted molar refractivity (Wildman–Crippen MR) is 70.1 cm³/mol. The molecule has 0 saturated carbocycles. The van der Waals surface area contributed by atoms with Gasteiger partial charge >= 0.3 is 0 Å². The van der Waals surface area contributed by atoms with Gasteiger partial charge in [-0.1, -0.05) is 24.3 Å². The summed E-state index contributed by atoms with van der Waals surface area (Å²) in [4.78, 5) is 0. The standard InChI is InChI=1S/C15H16O3/c1-11(12-7-9-13(17-2)10-8-12)18-15-6-4-3-5-14(15)16/h3-11,16H,1-2H3. The normalized spacial score (nSPS) is 11.9. The Hall–Kier alpha value is -2.16. The van der Waals surface area contributed by atoms with Gasteiger partial charge in [-0.15, -0.1) is 0 Å². The maximum Gasteiger partial charge on any atom is 0.161 e. The SMILES string of the molecule is COc1ccc(C(C)Oc2ccccc2O)cc1. The lowest BCUT2D eigenvalue weighted by atomic mass is 10.1. The fraction of sp³-hybridized carbons (Fsp3) is 0.200. The van der Waals surface area contributed by atoms with Gasteiger partial charge in [0.05, 0.1) is 7.11 Å². The van der Waals surface area contributed by atoms with E-state index in [0.29, 0.717) is 5.75 Å². The smallest absolute Gasteiger partial charge is 0.161 e. The average molecular weight is 244 g/mol. The molecule has 18 heavy (non-hydrogen) atoms. The van der Waals surface area contributed by atoms with E-state index in [2.05, 4.69) is 0 Å². The van der Waals surface area contributed by atoms with Crippen LogP contribution in [0, 0.1) is 0 Å². The van der Waals surface area contributed by atoms with Crippen molar-refractivity contribution in [2.75, 3.05) is 7.11 Å². The third-order valence-corrected chi connectivity index (χ3v) is 2.75. The highest BCUT2D eigenvalue weighted by Gasteiger charge is 2.09. The van der Waals surface area contributed by atoms with Crippen molar-refractivity contribution in [2.24, 2.45) is 0 Å². The molecule has 1 N–H and O–H groups in total. The van der Waals surface area contributed by atoms with Gasteiger partial charge in [-0.2, -0.15) is 0 Å². The van der Waals surface area contributed by atoms with E-state index in [9.17, 15) is 5.11 Å². The summed E-state index contributed by atoms with van der Waals surface area (Å²) in [6, 6.07) is 14.6. The lowest BCUT2D eigenvalue weighted by Gasteiger charge is -2.16. The molecular formula is C15H16O3. The van der Waals surface area contributed by atoms with Crippen LogP contribution >= 0.6 is 0 Å². The first-order valence-electron chi connectivity index (χ1n) is 5.79. The molecular weight excluding hydrogens is 228 g/mol. The number of aromatic hydroxyl groups is 1. The lowest BCUT2D eigenvalue weighted by Crippen LogP contribution is -2.03. The Morgan fingerprint density at radius 2 is 1.67 bits per heavy atom. The molecule has 0 aliphatic carbocycles. The van der Waals surface area contributed by atoms with Crippen LogP contribution in [0.2, 0.25) is 0 Å². The van der Waals surface area contributed by atoms with Gasteiger partial charge in [0.15, 0.2) is 11.5 Å². The minimum atomic E-state index is -0.135. The maximum atomic E-state index is 9.64. The van der Waals surface area contributed by atoms with Crippen molar-refractivity contribution in [2.45, 2.75) is 13.0 Å². The van der Waals surface area contributed by atoms with E-state index in [1.165, 1.54) is 0 Å². The summed E-state index contributed by atoms with van der Waals surface area (Å²) in [6.07, 6.45) is -0.135. The summed E-state index contributed by atoms with van der Waals surface area (Å²) in [6.45, 7) is 1.94. The Morgan fingerprint density at radius 3 is 2.28 bits per heavy atom. The number of methoxy groups -OCH3 is 1. The molecule has 2 rings (SSSR count). The first-order valence-corrected chi connectivity index (χ1v) is 5.79. The zero-order valence-corrected chi connectivity index (χ0v) is 10.5. The monoisotopic (exact) mass is 244 g/mol. The molecule has 0 saturated heterocycles. The van der Waals surface area contributed by atoms with E-state index < -0.39 is 0 Å². The number of phenols is 1. The lowest BCUT2D eigenvalue weighted by molar-refractivity contribution is 0.217. The molecule has 0 aliphatic rings. The van der Waals surface area contributed by atoms with Crippen LogP contribution in [0.3, 0.4) is 0 Å². The zero-order valence-electron chi connectivity index (χ0n) is 10.5. The van der Waals surface area contributed by atoms with Crippen LogP contribution in [0.25, 0.3) is 0 Å². The number of hydrogen-bond donors (Lipinski definition) is 1. The van der Waals surface area contributed by atoms with E-state index in [4.69, 9.17) is 9.47 Å². The van der Waals surface area contributed by atoms with Crippen LogP contribution < -0.4 is 9.47 Å². The van der Waals surface area contributed by atoms with Crippen molar-refractivity contribution in [3.63, 3.8) is 0 Å². The summed E-state index contributed by atoms with van der Waals surface area (Å²) in [5.74, 6) is 1.45. The fourth-order valence-corrected chi connectivity index (χ4v) is 1.69. The summed E-state index contributed by atoms with van der Waals surface area (Å²) < 4.78 is 10.8. The second-order valence-corrected chi connectivity index (χ2v) is 4.00. The Balaban J connectivity index is 2.11. The van der Waals surface area contributed by atoms with Crippen LogP contribution in [0.1, 0.15) is 18.6 Å². The number of para-hydroxylation sites is 2.